The Bertz CT molecular complexity index is 598. The second-order valence-corrected chi connectivity index (χ2v) is 3.20. The number of aryl methyl sites for hydroxylation is 1. The maximum Gasteiger partial charge on any atom is 0.274 e. The Morgan fingerprint density at radius 2 is 2.00 bits per heavy atom. The first-order chi connectivity index (χ1) is 6.65. The molecule has 2 rings (SSSR count). The van der Waals surface area contributed by atoms with Gasteiger partial charge in [-0.25, -0.2) is 0 Å². The van der Waals surface area contributed by atoms with Crippen LogP contribution in [-0.4, -0.2) is 9.36 Å². The van der Waals surface area contributed by atoms with Crippen molar-refractivity contribution in [2.45, 2.75) is 0 Å². The number of benzene rings is 1. The number of hydrogen-bond donors (Lipinski definition) is 0. The number of rotatable bonds is 0. The van der Waals surface area contributed by atoms with Gasteiger partial charge in [0.2, 0.25) is 0 Å². The second-order valence-electron chi connectivity index (χ2n) is 3.20. The van der Waals surface area contributed by atoms with Crippen LogP contribution in [0.25, 0.3) is 10.9 Å². The van der Waals surface area contributed by atoms with Crippen LogP contribution in [0.1, 0.15) is 5.56 Å². The van der Waals surface area contributed by atoms with E-state index in [4.69, 9.17) is 5.26 Å². The zero-order chi connectivity index (χ0) is 10.3. The predicted octanol–water partition coefficient (Wildman–Crippen LogP) is 0.749. The lowest BCUT2D eigenvalue weighted by molar-refractivity contribution is 0.595. The third kappa shape index (κ3) is 0.958. The number of nitriles is 1. The van der Waals surface area contributed by atoms with Gasteiger partial charge in [-0.2, -0.15) is 5.26 Å². The fourth-order valence-electron chi connectivity index (χ4n) is 1.53. The fraction of sp³-hybridized carbons (Fsp3) is 0.200. The Morgan fingerprint density at radius 3 is 2.64 bits per heavy atom. The van der Waals surface area contributed by atoms with Crippen molar-refractivity contribution in [2.75, 3.05) is 0 Å². The summed E-state index contributed by atoms with van der Waals surface area (Å²) >= 11 is 0. The van der Waals surface area contributed by atoms with E-state index >= 15 is 0 Å². The molecule has 0 aliphatic carbocycles. The highest BCUT2D eigenvalue weighted by Crippen LogP contribution is 2.11. The minimum absolute atomic E-state index is 0.0698. The van der Waals surface area contributed by atoms with Crippen molar-refractivity contribution < 1.29 is 0 Å². The van der Waals surface area contributed by atoms with Crippen LogP contribution in [-0.2, 0) is 14.1 Å². The first kappa shape index (κ1) is 8.57. The molecule has 0 bridgehead atoms. The Morgan fingerprint density at radius 1 is 1.29 bits per heavy atom. The molecule has 1 heterocycles. The lowest BCUT2D eigenvalue weighted by Gasteiger charge is -1.98. The van der Waals surface area contributed by atoms with Gasteiger partial charge < -0.3 is 0 Å². The SMILES string of the molecule is Cn1c(=O)c2cc(C#N)ccc2n1C. The van der Waals surface area contributed by atoms with E-state index in [1.54, 1.807) is 29.9 Å². The number of nitrogens with zero attached hydrogens (tertiary/aromatic N) is 3. The smallest absolute Gasteiger partial charge is 0.274 e. The third-order valence-electron chi connectivity index (χ3n) is 2.45. The molecule has 0 unspecified atom stereocenters. The van der Waals surface area contributed by atoms with Crippen LogP contribution in [0, 0.1) is 11.3 Å². The summed E-state index contributed by atoms with van der Waals surface area (Å²) in [4.78, 5) is 11.6. The van der Waals surface area contributed by atoms with E-state index in [2.05, 4.69) is 0 Å². The Kier molecular flexibility index (Phi) is 1.68. The summed E-state index contributed by atoms with van der Waals surface area (Å²) in [5.74, 6) is 0. The molecule has 4 heteroatoms. The molecule has 0 aliphatic rings. The molecule has 0 amide bonds. The van der Waals surface area contributed by atoms with Gasteiger partial charge in [0, 0.05) is 14.1 Å². The lowest BCUT2D eigenvalue weighted by Crippen LogP contribution is -2.16. The molecule has 0 fully saturated rings. The minimum atomic E-state index is -0.0698. The molecule has 0 radical (unpaired) electrons. The van der Waals surface area contributed by atoms with Crippen LogP contribution >= 0.6 is 0 Å². The van der Waals surface area contributed by atoms with Gasteiger partial charge in [0.1, 0.15) is 0 Å². The van der Waals surface area contributed by atoms with E-state index in [0.717, 1.165) is 5.52 Å². The third-order valence-corrected chi connectivity index (χ3v) is 2.45. The first-order valence-corrected chi connectivity index (χ1v) is 4.21. The summed E-state index contributed by atoms with van der Waals surface area (Å²) in [7, 11) is 3.52. The van der Waals surface area contributed by atoms with Gasteiger partial charge in [-0.1, -0.05) is 0 Å². The molecule has 0 atom stereocenters. The number of fused-ring (bicyclic) bond motifs is 1. The Hall–Kier alpha value is -2.02. The fourth-order valence-corrected chi connectivity index (χ4v) is 1.53. The van der Waals surface area contributed by atoms with Crippen LogP contribution in [0.4, 0.5) is 0 Å². The van der Waals surface area contributed by atoms with E-state index in [1.165, 1.54) is 4.68 Å². The van der Waals surface area contributed by atoms with Crippen molar-refractivity contribution in [3.63, 3.8) is 0 Å². The zero-order valence-corrected chi connectivity index (χ0v) is 7.98. The highest BCUT2D eigenvalue weighted by Gasteiger charge is 2.07. The summed E-state index contributed by atoms with van der Waals surface area (Å²) < 4.78 is 3.28. The summed E-state index contributed by atoms with van der Waals surface area (Å²) in [6, 6.07) is 7.14. The summed E-state index contributed by atoms with van der Waals surface area (Å²) in [5.41, 5.74) is 1.29. The summed E-state index contributed by atoms with van der Waals surface area (Å²) in [5, 5.41) is 9.29. The van der Waals surface area contributed by atoms with Gasteiger partial charge in [0.15, 0.2) is 0 Å². The maximum absolute atomic E-state index is 11.6. The van der Waals surface area contributed by atoms with Gasteiger partial charge in [-0.15, -0.1) is 0 Å². The molecule has 1 aromatic carbocycles. The molecule has 4 nitrogen and oxygen atoms in total. The predicted molar refractivity (Wildman–Crippen MR) is 52.9 cm³/mol. The largest absolute Gasteiger partial charge is 0.285 e. The average Bonchev–Trinajstić information content (AvgIpc) is 2.44. The molecule has 0 saturated heterocycles. The molecule has 70 valence electrons. The van der Waals surface area contributed by atoms with Crippen LogP contribution in [0.15, 0.2) is 23.0 Å². The van der Waals surface area contributed by atoms with Crippen molar-refractivity contribution in [1.82, 2.24) is 9.36 Å². The van der Waals surface area contributed by atoms with E-state index in [1.807, 2.05) is 13.1 Å². The molecule has 14 heavy (non-hydrogen) atoms. The molecule has 1 aromatic heterocycles. The highest BCUT2D eigenvalue weighted by atomic mass is 16.1. The summed E-state index contributed by atoms with van der Waals surface area (Å²) in [6.45, 7) is 0. The van der Waals surface area contributed by atoms with Crippen LogP contribution in [0.3, 0.4) is 0 Å². The minimum Gasteiger partial charge on any atom is -0.285 e. The van der Waals surface area contributed by atoms with E-state index < -0.39 is 0 Å². The molecular formula is C10H9N3O. The van der Waals surface area contributed by atoms with Gasteiger partial charge in [-0.05, 0) is 18.2 Å². The maximum atomic E-state index is 11.6. The van der Waals surface area contributed by atoms with Crippen molar-refractivity contribution in [3.8, 4) is 6.07 Å². The van der Waals surface area contributed by atoms with E-state index in [-0.39, 0.29) is 5.56 Å². The van der Waals surface area contributed by atoms with Gasteiger partial charge in [0.05, 0.1) is 22.5 Å². The average molecular weight is 187 g/mol. The van der Waals surface area contributed by atoms with E-state index in [0.29, 0.717) is 10.9 Å². The van der Waals surface area contributed by atoms with Crippen molar-refractivity contribution in [1.29, 1.82) is 5.26 Å². The van der Waals surface area contributed by atoms with Crippen LogP contribution in [0.2, 0.25) is 0 Å². The standard InChI is InChI=1S/C10H9N3O/c1-12-9-4-3-7(6-11)5-8(9)10(14)13(12)2/h3-5H,1-2H3. The van der Waals surface area contributed by atoms with Gasteiger partial charge in [-0.3, -0.25) is 14.2 Å². The number of hydrogen-bond acceptors (Lipinski definition) is 2. The van der Waals surface area contributed by atoms with Crippen LogP contribution < -0.4 is 5.56 Å². The topological polar surface area (TPSA) is 50.7 Å². The zero-order valence-electron chi connectivity index (χ0n) is 7.98. The Balaban J connectivity index is 2.98. The summed E-state index contributed by atoms with van der Waals surface area (Å²) in [6.07, 6.45) is 0. The van der Waals surface area contributed by atoms with Gasteiger partial charge in [0.25, 0.3) is 5.56 Å². The molecule has 0 spiro atoms. The molecule has 0 saturated carbocycles. The quantitative estimate of drug-likeness (QED) is 0.611. The van der Waals surface area contributed by atoms with E-state index in [9.17, 15) is 4.79 Å². The molecule has 0 aliphatic heterocycles. The van der Waals surface area contributed by atoms with Crippen molar-refractivity contribution in [2.24, 2.45) is 14.1 Å². The highest BCUT2D eigenvalue weighted by molar-refractivity contribution is 5.80. The monoisotopic (exact) mass is 187 g/mol. The van der Waals surface area contributed by atoms with Crippen molar-refractivity contribution in [3.05, 3.63) is 34.1 Å². The van der Waals surface area contributed by atoms with Crippen LogP contribution in [0.5, 0.6) is 0 Å². The molecule has 0 N–H and O–H groups in total. The second kappa shape index (κ2) is 2.74. The number of aromatic nitrogens is 2. The normalized spacial score (nSPS) is 10.4. The van der Waals surface area contributed by atoms with Crippen molar-refractivity contribution >= 4 is 10.9 Å². The molecule has 2 aromatic rings. The Labute approximate surface area is 80.6 Å². The first-order valence-electron chi connectivity index (χ1n) is 4.21. The molecular weight excluding hydrogens is 178 g/mol. The lowest BCUT2D eigenvalue weighted by atomic mass is 10.2. The van der Waals surface area contributed by atoms with Gasteiger partial charge >= 0.3 is 0 Å².